The van der Waals surface area contributed by atoms with Crippen LogP contribution < -0.4 is 10.0 Å². The first-order chi connectivity index (χ1) is 9.40. The summed E-state index contributed by atoms with van der Waals surface area (Å²) in [5, 5.41) is 14.1. The molecule has 0 spiro atoms. The predicted octanol–water partition coefficient (Wildman–Crippen LogP) is 1.39. The molecule has 1 aliphatic rings. The van der Waals surface area contributed by atoms with E-state index in [1.807, 2.05) is 0 Å². The molecule has 0 radical (unpaired) electrons. The van der Waals surface area contributed by atoms with Crippen molar-refractivity contribution in [1.29, 1.82) is 0 Å². The Hall–Kier alpha value is -1.03. The fourth-order valence-corrected chi connectivity index (χ4v) is 3.86. The van der Waals surface area contributed by atoms with Crippen molar-refractivity contribution in [2.75, 3.05) is 13.1 Å². The highest BCUT2D eigenvalue weighted by Crippen LogP contribution is 2.27. The number of rotatable bonds is 5. The van der Waals surface area contributed by atoms with E-state index in [0.29, 0.717) is 4.47 Å². The lowest BCUT2D eigenvalue weighted by molar-refractivity contribution is -0.387. The highest BCUT2D eigenvalue weighted by atomic mass is 79.9. The van der Waals surface area contributed by atoms with Crippen molar-refractivity contribution in [3.05, 3.63) is 32.8 Å². The van der Waals surface area contributed by atoms with Crippen LogP contribution in [0.25, 0.3) is 0 Å². The average Bonchev–Trinajstić information content (AvgIpc) is 2.89. The standard InChI is InChI=1S/C11H14BrN3O4S/c12-8-3-4-10(15(16)17)11(6-8)20(18,19)14-7-9-2-1-5-13-9/h3-4,6,9,13-14H,1-2,5,7H2. The van der Waals surface area contributed by atoms with Crippen molar-refractivity contribution in [3.63, 3.8) is 0 Å². The monoisotopic (exact) mass is 363 g/mol. The third-order valence-corrected chi connectivity index (χ3v) is 5.04. The molecular weight excluding hydrogens is 350 g/mol. The molecule has 0 saturated carbocycles. The number of nitro groups is 1. The van der Waals surface area contributed by atoms with Crippen molar-refractivity contribution in [2.45, 2.75) is 23.8 Å². The number of nitro benzene ring substituents is 1. The van der Waals surface area contributed by atoms with Crippen LogP contribution in [0.2, 0.25) is 0 Å². The van der Waals surface area contributed by atoms with E-state index in [4.69, 9.17) is 0 Å². The van der Waals surface area contributed by atoms with E-state index in [-0.39, 0.29) is 17.5 Å². The third kappa shape index (κ3) is 3.54. The minimum absolute atomic E-state index is 0.0796. The summed E-state index contributed by atoms with van der Waals surface area (Å²) in [6.45, 7) is 1.09. The van der Waals surface area contributed by atoms with Gasteiger partial charge in [0.1, 0.15) is 0 Å². The molecule has 1 saturated heterocycles. The maximum Gasteiger partial charge on any atom is 0.289 e. The van der Waals surface area contributed by atoms with E-state index < -0.39 is 20.6 Å². The van der Waals surface area contributed by atoms with Crippen LogP contribution in [-0.4, -0.2) is 32.5 Å². The molecule has 0 amide bonds. The average molecular weight is 364 g/mol. The quantitative estimate of drug-likeness (QED) is 0.607. The second kappa shape index (κ2) is 6.17. The van der Waals surface area contributed by atoms with Gasteiger partial charge in [-0.2, -0.15) is 0 Å². The van der Waals surface area contributed by atoms with E-state index in [1.165, 1.54) is 18.2 Å². The molecule has 1 aliphatic heterocycles. The first-order valence-corrected chi connectivity index (χ1v) is 8.35. The van der Waals surface area contributed by atoms with Crippen LogP contribution in [0.1, 0.15) is 12.8 Å². The molecule has 20 heavy (non-hydrogen) atoms. The normalized spacial score (nSPS) is 19.1. The lowest BCUT2D eigenvalue weighted by Gasteiger charge is -2.12. The number of benzene rings is 1. The second-order valence-corrected chi connectivity index (χ2v) is 7.17. The third-order valence-electron chi connectivity index (χ3n) is 3.09. The summed E-state index contributed by atoms with van der Waals surface area (Å²) in [5.41, 5.74) is -0.430. The van der Waals surface area contributed by atoms with Crippen LogP contribution in [0.3, 0.4) is 0 Å². The molecular formula is C11H14BrN3O4S. The van der Waals surface area contributed by atoms with Crippen molar-refractivity contribution in [1.82, 2.24) is 10.0 Å². The van der Waals surface area contributed by atoms with E-state index in [1.54, 1.807) is 0 Å². The van der Waals surface area contributed by atoms with Crippen LogP contribution in [0.5, 0.6) is 0 Å². The van der Waals surface area contributed by atoms with E-state index in [2.05, 4.69) is 26.0 Å². The number of nitrogens with one attached hydrogen (secondary N) is 2. The molecule has 2 N–H and O–H groups in total. The molecule has 1 heterocycles. The Morgan fingerprint density at radius 3 is 2.85 bits per heavy atom. The molecule has 7 nitrogen and oxygen atoms in total. The minimum atomic E-state index is -3.91. The highest BCUT2D eigenvalue weighted by Gasteiger charge is 2.27. The molecule has 1 unspecified atom stereocenters. The van der Waals surface area contributed by atoms with Gasteiger partial charge in [0.2, 0.25) is 10.0 Å². The Kier molecular flexibility index (Phi) is 4.74. The summed E-state index contributed by atoms with van der Waals surface area (Å²) in [4.78, 5) is 9.90. The maximum absolute atomic E-state index is 12.2. The van der Waals surface area contributed by atoms with Crippen LogP contribution >= 0.6 is 15.9 Å². The van der Waals surface area contributed by atoms with Crippen LogP contribution in [-0.2, 0) is 10.0 Å². The molecule has 0 bridgehead atoms. The lowest BCUT2D eigenvalue weighted by atomic mass is 10.2. The van der Waals surface area contributed by atoms with Gasteiger partial charge >= 0.3 is 0 Å². The highest BCUT2D eigenvalue weighted by molar-refractivity contribution is 9.10. The van der Waals surface area contributed by atoms with Crippen LogP contribution in [0.15, 0.2) is 27.6 Å². The smallest absolute Gasteiger partial charge is 0.289 e. The summed E-state index contributed by atoms with van der Waals surface area (Å²) >= 11 is 3.13. The molecule has 0 aromatic heterocycles. The Bertz CT molecular complexity index is 614. The summed E-state index contributed by atoms with van der Waals surface area (Å²) in [7, 11) is -3.91. The Balaban J connectivity index is 2.23. The fourth-order valence-electron chi connectivity index (χ4n) is 2.07. The fraction of sp³-hybridized carbons (Fsp3) is 0.455. The minimum Gasteiger partial charge on any atom is -0.313 e. The van der Waals surface area contributed by atoms with Gasteiger partial charge in [-0.05, 0) is 31.5 Å². The molecule has 1 aromatic rings. The van der Waals surface area contributed by atoms with Gasteiger partial charge in [-0.1, -0.05) is 15.9 Å². The number of nitrogens with zero attached hydrogens (tertiary/aromatic N) is 1. The Labute approximate surface area is 125 Å². The van der Waals surface area contributed by atoms with Crippen LogP contribution in [0, 0.1) is 10.1 Å². The van der Waals surface area contributed by atoms with Crippen molar-refractivity contribution in [3.8, 4) is 0 Å². The largest absolute Gasteiger partial charge is 0.313 e. The second-order valence-electron chi connectivity index (χ2n) is 4.51. The SMILES string of the molecule is O=[N+]([O-])c1ccc(Br)cc1S(=O)(=O)NCC1CCCN1. The summed E-state index contributed by atoms with van der Waals surface area (Å²) < 4.78 is 27.3. The molecule has 110 valence electrons. The molecule has 0 aliphatic carbocycles. The van der Waals surface area contributed by atoms with Gasteiger partial charge in [0.05, 0.1) is 4.92 Å². The summed E-state index contributed by atoms with van der Waals surface area (Å²) in [6.07, 6.45) is 1.90. The molecule has 9 heteroatoms. The summed E-state index contributed by atoms with van der Waals surface area (Å²) in [5.74, 6) is 0. The van der Waals surface area contributed by atoms with Crippen LogP contribution in [0.4, 0.5) is 5.69 Å². The maximum atomic E-state index is 12.2. The molecule has 2 rings (SSSR count). The van der Waals surface area contributed by atoms with E-state index in [9.17, 15) is 18.5 Å². The Morgan fingerprint density at radius 2 is 2.25 bits per heavy atom. The zero-order valence-corrected chi connectivity index (χ0v) is 12.9. The zero-order chi connectivity index (χ0) is 14.8. The molecule has 1 fully saturated rings. The van der Waals surface area contributed by atoms with Crippen molar-refractivity contribution < 1.29 is 13.3 Å². The van der Waals surface area contributed by atoms with Gasteiger partial charge in [0, 0.05) is 23.1 Å². The van der Waals surface area contributed by atoms with Gasteiger partial charge in [-0.25, -0.2) is 13.1 Å². The predicted molar refractivity (Wildman–Crippen MR) is 77.0 cm³/mol. The lowest BCUT2D eigenvalue weighted by Crippen LogP contribution is -2.37. The molecule has 1 aromatic carbocycles. The van der Waals surface area contributed by atoms with Gasteiger partial charge in [-0.15, -0.1) is 0 Å². The topological polar surface area (TPSA) is 101 Å². The number of hydrogen-bond donors (Lipinski definition) is 2. The zero-order valence-electron chi connectivity index (χ0n) is 10.5. The van der Waals surface area contributed by atoms with Crippen molar-refractivity contribution in [2.24, 2.45) is 0 Å². The first-order valence-electron chi connectivity index (χ1n) is 6.07. The molecule has 1 atom stereocenters. The Morgan fingerprint density at radius 1 is 1.50 bits per heavy atom. The van der Waals surface area contributed by atoms with Gasteiger partial charge in [0.25, 0.3) is 5.69 Å². The van der Waals surface area contributed by atoms with Gasteiger partial charge < -0.3 is 5.32 Å². The van der Waals surface area contributed by atoms with E-state index >= 15 is 0 Å². The van der Waals surface area contributed by atoms with Gasteiger partial charge in [-0.3, -0.25) is 10.1 Å². The van der Waals surface area contributed by atoms with Gasteiger partial charge in [0.15, 0.2) is 4.90 Å². The van der Waals surface area contributed by atoms with E-state index in [0.717, 1.165) is 19.4 Å². The first kappa shape index (κ1) is 15.4. The number of hydrogen-bond acceptors (Lipinski definition) is 5. The number of sulfonamides is 1. The number of halogens is 1. The van der Waals surface area contributed by atoms with Crippen molar-refractivity contribution >= 4 is 31.6 Å². The summed E-state index contributed by atoms with van der Waals surface area (Å²) in [6, 6.07) is 3.93.